The molecule has 0 atom stereocenters. The highest BCUT2D eigenvalue weighted by molar-refractivity contribution is 5.82. The first kappa shape index (κ1) is 17.8. The number of carbonyl (C=O) groups excluding carboxylic acids is 1. The highest BCUT2D eigenvalue weighted by atomic mass is 16.5. The second kappa shape index (κ2) is 7.35. The minimum atomic E-state index is -0.728. The minimum absolute atomic E-state index is 0.0256. The molecule has 23 heavy (non-hydrogen) atoms. The van der Waals surface area contributed by atoms with Gasteiger partial charge in [0.2, 0.25) is 5.91 Å². The van der Waals surface area contributed by atoms with Crippen LogP contribution in [0.15, 0.2) is 24.3 Å². The van der Waals surface area contributed by atoms with Gasteiger partial charge in [0.15, 0.2) is 0 Å². The van der Waals surface area contributed by atoms with Crippen LogP contribution >= 0.6 is 0 Å². The molecule has 2 N–H and O–H groups in total. The number of ether oxygens (including phenoxy) is 1. The van der Waals surface area contributed by atoms with Crippen LogP contribution < -0.4 is 10.1 Å². The fraction of sp³-hybridized carbons (Fsp3) is 0.632. The minimum Gasteiger partial charge on any atom is -0.496 e. The number of aliphatic hydroxyl groups is 1. The van der Waals surface area contributed by atoms with Crippen LogP contribution in [0.4, 0.5) is 0 Å². The van der Waals surface area contributed by atoms with Crippen molar-refractivity contribution in [3.63, 3.8) is 0 Å². The summed E-state index contributed by atoms with van der Waals surface area (Å²) < 4.78 is 5.37. The van der Waals surface area contributed by atoms with E-state index in [0.717, 1.165) is 37.0 Å². The van der Waals surface area contributed by atoms with Gasteiger partial charge >= 0.3 is 0 Å². The Morgan fingerprint density at radius 3 is 2.57 bits per heavy atom. The average molecular weight is 319 g/mol. The topological polar surface area (TPSA) is 58.6 Å². The molecular weight excluding hydrogens is 290 g/mol. The first-order chi connectivity index (χ1) is 10.9. The van der Waals surface area contributed by atoms with Crippen LogP contribution in [0.3, 0.4) is 0 Å². The van der Waals surface area contributed by atoms with E-state index < -0.39 is 11.0 Å². The van der Waals surface area contributed by atoms with Gasteiger partial charge in [-0.1, -0.05) is 51.3 Å². The van der Waals surface area contributed by atoms with Gasteiger partial charge in [0.25, 0.3) is 0 Å². The Morgan fingerprint density at radius 2 is 1.91 bits per heavy atom. The lowest BCUT2D eigenvalue weighted by molar-refractivity contribution is -0.131. The molecule has 0 radical (unpaired) electrons. The number of para-hydroxylation sites is 1. The molecule has 0 saturated heterocycles. The highest BCUT2D eigenvalue weighted by Crippen LogP contribution is 2.30. The number of amides is 1. The van der Waals surface area contributed by atoms with Crippen molar-refractivity contribution in [2.75, 3.05) is 13.7 Å². The molecular formula is C19H29NO3. The SMILES string of the molecule is COc1ccccc1CC(C)(C)C(=O)NCC1(O)CCCCC1. The molecule has 0 aliphatic heterocycles. The maximum Gasteiger partial charge on any atom is 0.226 e. The number of rotatable bonds is 6. The molecule has 0 unspecified atom stereocenters. The van der Waals surface area contributed by atoms with Gasteiger partial charge in [-0.3, -0.25) is 4.79 Å². The number of carbonyl (C=O) groups is 1. The summed E-state index contributed by atoms with van der Waals surface area (Å²) in [6.45, 7) is 4.21. The first-order valence-electron chi connectivity index (χ1n) is 8.49. The van der Waals surface area contributed by atoms with Crippen LogP contribution in [0, 0.1) is 5.41 Å². The quantitative estimate of drug-likeness (QED) is 0.847. The summed E-state index contributed by atoms with van der Waals surface area (Å²) in [4.78, 5) is 12.6. The molecule has 1 saturated carbocycles. The molecule has 1 fully saturated rings. The number of methoxy groups -OCH3 is 1. The van der Waals surface area contributed by atoms with Gasteiger partial charge in [-0.15, -0.1) is 0 Å². The molecule has 0 heterocycles. The second-order valence-corrected chi connectivity index (χ2v) is 7.34. The lowest BCUT2D eigenvalue weighted by Crippen LogP contribution is -2.48. The Bertz CT molecular complexity index is 533. The summed E-state index contributed by atoms with van der Waals surface area (Å²) in [6.07, 6.45) is 5.41. The van der Waals surface area contributed by atoms with Gasteiger partial charge in [0.1, 0.15) is 5.75 Å². The van der Waals surface area contributed by atoms with Crippen LogP contribution in [-0.2, 0) is 11.2 Å². The van der Waals surface area contributed by atoms with Gasteiger partial charge in [-0.25, -0.2) is 0 Å². The Hall–Kier alpha value is -1.55. The maximum absolute atomic E-state index is 12.6. The summed E-state index contributed by atoms with van der Waals surface area (Å²) in [6, 6.07) is 7.78. The second-order valence-electron chi connectivity index (χ2n) is 7.34. The molecule has 4 nitrogen and oxygen atoms in total. The van der Waals surface area contributed by atoms with Gasteiger partial charge in [-0.05, 0) is 30.9 Å². The fourth-order valence-electron chi connectivity index (χ4n) is 3.28. The third kappa shape index (κ3) is 4.71. The Labute approximate surface area is 139 Å². The molecule has 2 rings (SSSR count). The van der Waals surface area contributed by atoms with E-state index >= 15 is 0 Å². The van der Waals surface area contributed by atoms with Crippen molar-refractivity contribution in [2.45, 2.75) is 58.0 Å². The molecule has 1 aromatic rings. The van der Waals surface area contributed by atoms with Crippen LogP contribution in [-0.4, -0.2) is 30.3 Å². The van der Waals surface area contributed by atoms with E-state index in [0.29, 0.717) is 13.0 Å². The van der Waals surface area contributed by atoms with Gasteiger partial charge in [-0.2, -0.15) is 0 Å². The van der Waals surface area contributed by atoms with Crippen molar-refractivity contribution < 1.29 is 14.6 Å². The molecule has 0 spiro atoms. The summed E-state index contributed by atoms with van der Waals surface area (Å²) in [5, 5.41) is 13.5. The summed E-state index contributed by atoms with van der Waals surface area (Å²) in [5.41, 5.74) is -0.264. The molecule has 1 aliphatic rings. The predicted octanol–water partition coefficient (Wildman–Crippen LogP) is 3.08. The van der Waals surface area contributed by atoms with E-state index in [1.54, 1.807) is 7.11 Å². The van der Waals surface area contributed by atoms with Gasteiger partial charge < -0.3 is 15.2 Å². The summed E-state index contributed by atoms with van der Waals surface area (Å²) >= 11 is 0. The van der Waals surface area contributed by atoms with Crippen LogP contribution in [0.1, 0.15) is 51.5 Å². The Kier molecular flexibility index (Phi) is 5.69. The van der Waals surface area contributed by atoms with E-state index in [9.17, 15) is 9.90 Å². The standard InChI is InChI=1S/C19H29NO3/c1-18(2,13-15-9-5-6-10-16(15)23-3)17(21)20-14-19(22)11-7-4-8-12-19/h5-6,9-10,22H,4,7-8,11-14H2,1-3H3,(H,20,21). The van der Waals surface area contributed by atoms with Crippen molar-refractivity contribution in [1.29, 1.82) is 0 Å². The van der Waals surface area contributed by atoms with Gasteiger partial charge in [0, 0.05) is 12.0 Å². The Morgan fingerprint density at radius 1 is 1.26 bits per heavy atom. The molecule has 4 heteroatoms. The number of hydrogen-bond acceptors (Lipinski definition) is 3. The monoisotopic (exact) mass is 319 g/mol. The fourth-order valence-corrected chi connectivity index (χ4v) is 3.28. The molecule has 128 valence electrons. The van der Waals surface area contributed by atoms with Crippen LogP contribution in [0.5, 0.6) is 5.75 Å². The van der Waals surface area contributed by atoms with E-state index in [1.807, 2.05) is 38.1 Å². The molecule has 0 aromatic heterocycles. The van der Waals surface area contributed by atoms with E-state index in [4.69, 9.17) is 4.74 Å². The average Bonchev–Trinajstić information content (AvgIpc) is 2.53. The van der Waals surface area contributed by atoms with Crippen molar-refractivity contribution in [1.82, 2.24) is 5.32 Å². The number of hydrogen-bond donors (Lipinski definition) is 2. The van der Waals surface area contributed by atoms with Crippen molar-refractivity contribution in [2.24, 2.45) is 5.41 Å². The zero-order chi connectivity index (χ0) is 16.9. The largest absolute Gasteiger partial charge is 0.496 e. The Balaban J connectivity index is 1.96. The van der Waals surface area contributed by atoms with Crippen molar-refractivity contribution >= 4 is 5.91 Å². The zero-order valence-electron chi connectivity index (χ0n) is 14.5. The van der Waals surface area contributed by atoms with Crippen molar-refractivity contribution in [3.8, 4) is 5.75 Å². The molecule has 1 amide bonds. The van der Waals surface area contributed by atoms with Crippen molar-refractivity contribution in [3.05, 3.63) is 29.8 Å². The maximum atomic E-state index is 12.6. The van der Waals surface area contributed by atoms with Crippen LogP contribution in [0.2, 0.25) is 0 Å². The van der Waals surface area contributed by atoms with E-state index in [-0.39, 0.29) is 5.91 Å². The summed E-state index contributed by atoms with van der Waals surface area (Å²) in [5.74, 6) is 0.779. The number of benzene rings is 1. The first-order valence-corrected chi connectivity index (χ1v) is 8.49. The normalized spacial score (nSPS) is 17.6. The predicted molar refractivity (Wildman–Crippen MR) is 91.5 cm³/mol. The lowest BCUT2D eigenvalue weighted by atomic mass is 9.82. The van der Waals surface area contributed by atoms with Gasteiger partial charge in [0.05, 0.1) is 12.7 Å². The molecule has 0 bridgehead atoms. The lowest BCUT2D eigenvalue weighted by Gasteiger charge is -2.33. The third-order valence-electron chi connectivity index (χ3n) is 4.80. The smallest absolute Gasteiger partial charge is 0.226 e. The van der Waals surface area contributed by atoms with E-state index in [2.05, 4.69) is 5.32 Å². The third-order valence-corrected chi connectivity index (χ3v) is 4.80. The molecule has 1 aromatic carbocycles. The molecule has 1 aliphatic carbocycles. The highest BCUT2D eigenvalue weighted by Gasteiger charge is 2.33. The zero-order valence-corrected chi connectivity index (χ0v) is 14.5. The summed E-state index contributed by atoms with van der Waals surface area (Å²) in [7, 11) is 1.64. The van der Waals surface area contributed by atoms with Crippen LogP contribution in [0.25, 0.3) is 0 Å². The van der Waals surface area contributed by atoms with E-state index in [1.165, 1.54) is 6.42 Å². The number of nitrogens with one attached hydrogen (secondary N) is 1.